The lowest BCUT2D eigenvalue weighted by Crippen LogP contribution is -1.83. The highest BCUT2D eigenvalue weighted by atomic mass is 35.5. The Balaban J connectivity index is 2.89. The minimum absolute atomic E-state index is 0.0833. The van der Waals surface area contributed by atoms with Gasteiger partial charge in [0.1, 0.15) is 5.03 Å². The van der Waals surface area contributed by atoms with Crippen LogP contribution in [0.25, 0.3) is 0 Å². The molecule has 36 valence electrons. The highest BCUT2D eigenvalue weighted by molar-refractivity contribution is 6.42. The van der Waals surface area contributed by atoms with Gasteiger partial charge in [0.2, 0.25) is 0 Å². The van der Waals surface area contributed by atoms with E-state index in [-0.39, 0.29) is 5.03 Å². The fourth-order valence-corrected chi connectivity index (χ4v) is 0.316. The molecule has 0 radical (unpaired) electrons. The predicted octanol–water partition coefficient (Wildman–Crippen LogP) is 1.06. The summed E-state index contributed by atoms with van der Waals surface area (Å²) in [6.45, 7) is 0. The van der Waals surface area contributed by atoms with Crippen molar-refractivity contribution in [2.45, 2.75) is 0 Å². The predicted molar refractivity (Wildman–Crippen MR) is 23.8 cm³/mol. The Labute approximate surface area is 44.7 Å². The third-order valence-corrected chi connectivity index (χ3v) is 0.783. The van der Waals surface area contributed by atoms with Crippen LogP contribution in [-0.4, -0.2) is 5.91 Å². The first-order valence-electron chi connectivity index (χ1n) is 1.61. The zero-order chi connectivity index (χ0) is 5.28. The molecule has 1 rings (SSSR count). The van der Waals surface area contributed by atoms with E-state index in [4.69, 9.17) is 11.6 Å². The molecular weight excluding hydrogens is 115 g/mol. The van der Waals surface area contributed by atoms with Gasteiger partial charge in [0.25, 0.3) is 0 Å². The summed E-state index contributed by atoms with van der Waals surface area (Å²) in [4.78, 5) is 10.1. The third kappa shape index (κ3) is 0.667. The van der Waals surface area contributed by atoms with Crippen molar-refractivity contribution < 1.29 is 4.79 Å². The molecule has 1 aliphatic rings. The van der Waals surface area contributed by atoms with Crippen molar-refractivity contribution in [3.05, 3.63) is 11.2 Å². The van der Waals surface area contributed by atoms with Crippen LogP contribution in [0.5, 0.6) is 0 Å². The molecule has 1 amide bonds. The lowest BCUT2D eigenvalue weighted by Gasteiger charge is -1.71. The van der Waals surface area contributed by atoms with Gasteiger partial charge in [-0.15, -0.1) is 5.11 Å². The smallest absolute Gasteiger partial charge is 0.264 e. The quantitative estimate of drug-likeness (QED) is 0.467. The minimum atomic E-state index is -0.457. The zero-order valence-electron chi connectivity index (χ0n) is 3.26. The molecule has 0 aromatic carbocycles. The fourth-order valence-electron chi connectivity index (χ4n) is 0.235. The minimum Gasteiger partial charge on any atom is -0.264 e. The lowest BCUT2D eigenvalue weighted by atomic mass is 10.6. The first-order valence-corrected chi connectivity index (χ1v) is 1.99. The average molecular weight is 117 g/mol. The Bertz CT molecular complexity index is 160. The molecule has 0 atom stereocenters. The summed E-state index contributed by atoms with van der Waals surface area (Å²) in [5.41, 5.74) is 0. The van der Waals surface area contributed by atoms with Crippen molar-refractivity contribution in [2.75, 3.05) is 0 Å². The summed E-state index contributed by atoms with van der Waals surface area (Å²) in [7, 11) is 0. The fraction of sp³-hybridized carbons (Fsp3) is 0. The largest absolute Gasteiger partial charge is 0.308 e. The Morgan fingerprint density at radius 1 is 1.71 bits per heavy atom. The van der Waals surface area contributed by atoms with Gasteiger partial charge in [0.05, 0.1) is 6.20 Å². The Morgan fingerprint density at radius 3 is 2.57 bits per heavy atom. The maximum atomic E-state index is 10.1. The van der Waals surface area contributed by atoms with Gasteiger partial charge in [0, 0.05) is 0 Å². The van der Waals surface area contributed by atoms with E-state index in [2.05, 4.69) is 10.2 Å². The van der Waals surface area contributed by atoms with E-state index in [9.17, 15) is 4.79 Å². The molecule has 7 heavy (non-hydrogen) atoms. The number of hydrogen-bond acceptors (Lipinski definition) is 2. The first-order chi connectivity index (χ1) is 3.30. The van der Waals surface area contributed by atoms with Crippen molar-refractivity contribution in [3.8, 4) is 0 Å². The van der Waals surface area contributed by atoms with Gasteiger partial charge >= 0.3 is 5.91 Å². The second kappa shape index (κ2) is 1.42. The number of nitrogens with zero attached hydrogens (tertiary/aromatic N) is 2. The van der Waals surface area contributed by atoms with Crippen molar-refractivity contribution in [1.82, 2.24) is 0 Å². The number of carbonyl (C=O) groups excluding carboxylic acids is 1. The maximum absolute atomic E-state index is 10.1. The molecule has 0 aromatic rings. The van der Waals surface area contributed by atoms with Crippen LogP contribution in [0.4, 0.5) is 0 Å². The van der Waals surface area contributed by atoms with Crippen LogP contribution in [0, 0.1) is 0 Å². The Morgan fingerprint density at radius 2 is 2.43 bits per heavy atom. The van der Waals surface area contributed by atoms with E-state index >= 15 is 0 Å². The van der Waals surface area contributed by atoms with Crippen LogP contribution < -0.4 is 0 Å². The van der Waals surface area contributed by atoms with Crippen LogP contribution in [0.15, 0.2) is 21.5 Å². The average Bonchev–Trinajstić information content (AvgIpc) is 1.91. The zero-order valence-corrected chi connectivity index (χ0v) is 4.01. The van der Waals surface area contributed by atoms with Gasteiger partial charge in [-0.1, -0.05) is 11.6 Å². The number of carbonyl (C=O) groups is 1. The molecule has 1 aliphatic heterocycles. The van der Waals surface area contributed by atoms with E-state index in [1.165, 1.54) is 6.20 Å². The summed E-state index contributed by atoms with van der Waals surface area (Å²) in [5.74, 6) is -0.457. The molecule has 4 heteroatoms. The Kier molecular flexibility index (Phi) is 0.906. The molecule has 1 heterocycles. The van der Waals surface area contributed by atoms with Gasteiger partial charge in [0.15, 0.2) is 0 Å². The van der Waals surface area contributed by atoms with E-state index in [1.807, 2.05) is 0 Å². The van der Waals surface area contributed by atoms with Gasteiger partial charge in [-0.3, -0.25) is 4.79 Å². The number of rotatable bonds is 0. The van der Waals surface area contributed by atoms with E-state index in [0.717, 1.165) is 0 Å². The van der Waals surface area contributed by atoms with Gasteiger partial charge < -0.3 is 0 Å². The van der Waals surface area contributed by atoms with Crippen molar-refractivity contribution in [1.29, 1.82) is 0 Å². The van der Waals surface area contributed by atoms with Gasteiger partial charge in [-0.2, -0.15) is 5.11 Å². The highest BCUT2D eigenvalue weighted by Crippen LogP contribution is 2.09. The molecule has 0 fully saturated rings. The summed E-state index contributed by atoms with van der Waals surface area (Å²) < 4.78 is 0. The summed E-state index contributed by atoms with van der Waals surface area (Å²) >= 11 is 5.19. The molecule has 0 saturated carbocycles. The molecular formula is C3HClN2O. The number of halogens is 1. The molecule has 0 spiro atoms. The molecule has 3 nitrogen and oxygen atoms in total. The highest BCUT2D eigenvalue weighted by Gasteiger charge is 2.07. The monoisotopic (exact) mass is 116 g/mol. The van der Waals surface area contributed by atoms with Crippen molar-refractivity contribution in [3.63, 3.8) is 0 Å². The lowest BCUT2D eigenvalue weighted by molar-refractivity contribution is -0.113. The van der Waals surface area contributed by atoms with Crippen LogP contribution >= 0.6 is 11.6 Å². The molecule has 0 unspecified atom stereocenters. The number of hydrogen-bond donors (Lipinski definition) is 0. The van der Waals surface area contributed by atoms with Crippen molar-refractivity contribution in [2.24, 2.45) is 10.2 Å². The number of azo groups is 1. The topological polar surface area (TPSA) is 41.8 Å². The summed E-state index contributed by atoms with van der Waals surface area (Å²) in [6, 6.07) is 0. The van der Waals surface area contributed by atoms with Crippen molar-refractivity contribution >= 4 is 17.5 Å². The molecule has 0 bridgehead atoms. The second-order valence-corrected chi connectivity index (χ2v) is 1.40. The Hall–Kier alpha value is -0.700. The van der Waals surface area contributed by atoms with E-state index in [1.54, 1.807) is 0 Å². The van der Waals surface area contributed by atoms with Gasteiger partial charge in [-0.25, -0.2) is 0 Å². The second-order valence-electron chi connectivity index (χ2n) is 0.998. The maximum Gasteiger partial charge on any atom is 0.308 e. The summed E-state index contributed by atoms with van der Waals surface area (Å²) in [5, 5.41) is 6.39. The van der Waals surface area contributed by atoms with Crippen LogP contribution in [-0.2, 0) is 4.79 Å². The van der Waals surface area contributed by atoms with E-state index < -0.39 is 5.91 Å². The standard InChI is InChI=1S/C3HClN2O/c4-2-1-5-6-3(2)7/h1H. The van der Waals surface area contributed by atoms with Crippen LogP contribution in [0.3, 0.4) is 0 Å². The van der Waals surface area contributed by atoms with E-state index in [0.29, 0.717) is 0 Å². The van der Waals surface area contributed by atoms with Crippen LogP contribution in [0.1, 0.15) is 0 Å². The van der Waals surface area contributed by atoms with Crippen LogP contribution in [0.2, 0.25) is 0 Å². The van der Waals surface area contributed by atoms with Gasteiger partial charge in [-0.05, 0) is 0 Å². The normalized spacial score (nSPS) is 17.9. The first kappa shape index (κ1) is 4.46. The number of amides is 1. The summed E-state index contributed by atoms with van der Waals surface area (Å²) in [6.07, 6.45) is 1.21. The third-order valence-electron chi connectivity index (χ3n) is 0.524. The SMILES string of the molecule is O=C1N=NC=C1Cl. The molecule has 0 N–H and O–H groups in total. The molecule has 0 saturated heterocycles. The molecule has 0 aliphatic carbocycles. The molecule has 0 aromatic heterocycles.